The molecule has 134 valence electrons. The van der Waals surface area contributed by atoms with Gasteiger partial charge in [0.15, 0.2) is 0 Å². The number of pyridine rings is 1. The Kier molecular flexibility index (Phi) is 4.45. The van der Waals surface area contributed by atoms with Crippen molar-refractivity contribution in [3.8, 4) is 0 Å². The summed E-state index contributed by atoms with van der Waals surface area (Å²) < 4.78 is 0. The second-order valence-corrected chi connectivity index (χ2v) is 7.14. The van der Waals surface area contributed by atoms with Crippen molar-refractivity contribution in [2.45, 2.75) is 26.2 Å². The molecule has 0 radical (unpaired) electrons. The smallest absolute Gasteiger partial charge is 0.253 e. The summed E-state index contributed by atoms with van der Waals surface area (Å²) in [4.78, 5) is 33.6. The number of carbonyl (C=O) groups is 2. The Labute approximate surface area is 153 Å². The lowest BCUT2D eigenvalue weighted by Gasteiger charge is -2.34. The van der Waals surface area contributed by atoms with E-state index in [1.165, 1.54) is 11.1 Å². The maximum absolute atomic E-state index is 13.2. The molecule has 4 rings (SSSR count). The van der Waals surface area contributed by atoms with Crippen molar-refractivity contribution >= 4 is 17.5 Å². The number of anilines is 1. The maximum atomic E-state index is 13.2. The van der Waals surface area contributed by atoms with Crippen molar-refractivity contribution in [2.24, 2.45) is 5.92 Å². The van der Waals surface area contributed by atoms with Crippen LogP contribution in [-0.4, -0.2) is 41.3 Å². The molecule has 2 aliphatic rings. The van der Waals surface area contributed by atoms with Crippen LogP contribution in [-0.2, 0) is 11.2 Å². The first-order valence-corrected chi connectivity index (χ1v) is 9.24. The zero-order valence-corrected chi connectivity index (χ0v) is 15.0. The van der Waals surface area contributed by atoms with Gasteiger partial charge in [0.25, 0.3) is 5.91 Å². The second-order valence-electron chi connectivity index (χ2n) is 7.14. The van der Waals surface area contributed by atoms with Crippen LogP contribution in [0.3, 0.4) is 0 Å². The van der Waals surface area contributed by atoms with Crippen molar-refractivity contribution in [1.82, 2.24) is 9.88 Å². The Hall–Kier alpha value is -2.69. The molecule has 3 heterocycles. The SMILES string of the molecule is Cc1cccc2c1CCN2C(=O)[C@H]1CCCN(C(=O)c2ccncc2)C1. The van der Waals surface area contributed by atoms with Crippen LogP contribution in [0.25, 0.3) is 0 Å². The summed E-state index contributed by atoms with van der Waals surface area (Å²) >= 11 is 0. The largest absolute Gasteiger partial charge is 0.338 e. The first-order valence-electron chi connectivity index (χ1n) is 9.24. The van der Waals surface area contributed by atoms with Crippen molar-refractivity contribution in [3.05, 3.63) is 59.4 Å². The zero-order chi connectivity index (χ0) is 18.1. The van der Waals surface area contributed by atoms with Crippen LogP contribution in [0.15, 0.2) is 42.7 Å². The molecule has 0 saturated carbocycles. The van der Waals surface area contributed by atoms with Gasteiger partial charge >= 0.3 is 0 Å². The standard InChI is InChI=1S/C21H23N3O2/c1-15-4-2-6-19-18(15)9-13-24(19)21(26)17-5-3-12-23(14-17)20(25)16-7-10-22-11-8-16/h2,4,6-8,10-11,17H,3,5,9,12-14H2,1H3/t17-/m0/s1. The van der Waals surface area contributed by atoms with Crippen LogP contribution in [0, 0.1) is 12.8 Å². The van der Waals surface area contributed by atoms with Crippen LogP contribution in [0.5, 0.6) is 0 Å². The minimum atomic E-state index is -0.124. The molecule has 1 saturated heterocycles. The average molecular weight is 349 g/mol. The molecule has 0 bridgehead atoms. The number of aryl methyl sites for hydroxylation is 1. The number of piperidine rings is 1. The van der Waals surface area contributed by atoms with E-state index in [1.807, 2.05) is 21.9 Å². The van der Waals surface area contributed by atoms with Crippen LogP contribution in [0.2, 0.25) is 0 Å². The quantitative estimate of drug-likeness (QED) is 0.838. The number of carbonyl (C=O) groups excluding carboxylic acids is 2. The number of likely N-dealkylation sites (tertiary alicyclic amines) is 1. The molecule has 5 nitrogen and oxygen atoms in total. The fraction of sp³-hybridized carbons (Fsp3) is 0.381. The van der Waals surface area contributed by atoms with Gasteiger partial charge in [0.1, 0.15) is 0 Å². The molecular weight excluding hydrogens is 326 g/mol. The van der Waals surface area contributed by atoms with E-state index in [-0.39, 0.29) is 17.7 Å². The summed E-state index contributed by atoms with van der Waals surface area (Å²) in [6.07, 6.45) is 5.88. The number of amides is 2. The van der Waals surface area contributed by atoms with E-state index in [0.29, 0.717) is 18.7 Å². The van der Waals surface area contributed by atoms with Gasteiger partial charge in [-0.2, -0.15) is 0 Å². The number of aromatic nitrogens is 1. The third kappa shape index (κ3) is 2.98. The highest BCUT2D eigenvalue weighted by atomic mass is 16.2. The number of hydrogen-bond acceptors (Lipinski definition) is 3. The van der Waals surface area contributed by atoms with E-state index in [9.17, 15) is 9.59 Å². The van der Waals surface area contributed by atoms with E-state index < -0.39 is 0 Å². The first-order chi connectivity index (χ1) is 12.6. The predicted molar refractivity (Wildman–Crippen MR) is 100 cm³/mol. The molecule has 0 aliphatic carbocycles. The average Bonchev–Trinajstić information content (AvgIpc) is 3.13. The molecule has 1 aromatic carbocycles. The van der Waals surface area contributed by atoms with Gasteiger partial charge in [0, 0.05) is 43.3 Å². The number of rotatable bonds is 2. The minimum Gasteiger partial charge on any atom is -0.338 e. The predicted octanol–water partition coefficient (Wildman–Crippen LogP) is 2.83. The molecule has 1 atom stereocenters. The van der Waals surface area contributed by atoms with E-state index >= 15 is 0 Å². The van der Waals surface area contributed by atoms with Gasteiger partial charge in [-0.3, -0.25) is 14.6 Å². The van der Waals surface area contributed by atoms with Gasteiger partial charge in [0.2, 0.25) is 5.91 Å². The van der Waals surface area contributed by atoms with Gasteiger partial charge < -0.3 is 9.80 Å². The minimum absolute atomic E-state index is 0.0115. The molecular formula is C21H23N3O2. The van der Waals surface area contributed by atoms with E-state index in [0.717, 1.165) is 31.5 Å². The Morgan fingerprint density at radius 1 is 1.12 bits per heavy atom. The monoisotopic (exact) mass is 349 g/mol. The van der Waals surface area contributed by atoms with Crippen LogP contribution >= 0.6 is 0 Å². The molecule has 2 amide bonds. The van der Waals surface area contributed by atoms with Gasteiger partial charge in [-0.1, -0.05) is 12.1 Å². The van der Waals surface area contributed by atoms with Gasteiger partial charge in [-0.15, -0.1) is 0 Å². The summed E-state index contributed by atoms with van der Waals surface area (Å²) in [5, 5.41) is 0. The fourth-order valence-electron chi connectivity index (χ4n) is 4.10. The molecule has 2 aromatic rings. The van der Waals surface area contributed by atoms with Crippen molar-refractivity contribution < 1.29 is 9.59 Å². The van der Waals surface area contributed by atoms with E-state index in [1.54, 1.807) is 24.5 Å². The molecule has 5 heteroatoms. The number of fused-ring (bicyclic) bond motifs is 1. The molecule has 0 unspecified atom stereocenters. The second kappa shape index (κ2) is 6.90. The number of nitrogens with zero attached hydrogens (tertiary/aromatic N) is 3. The molecule has 0 N–H and O–H groups in total. The molecule has 1 fully saturated rings. The molecule has 1 aromatic heterocycles. The van der Waals surface area contributed by atoms with Gasteiger partial charge in [-0.05, 0) is 55.5 Å². The normalized spacial score (nSPS) is 19.3. The fourth-order valence-corrected chi connectivity index (χ4v) is 4.10. The van der Waals surface area contributed by atoms with E-state index in [2.05, 4.69) is 18.0 Å². The van der Waals surface area contributed by atoms with Crippen molar-refractivity contribution in [2.75, 3.05) is 24.5 Å². The Bertz CT molecular complexity index is 834. The Morgan fingerprint density at radius 3 is 2.73 bits per heavy atom. The summed E-state index contributed by atoms with van der Waals surface area (Å²) in [5.74, 6) is 0.0187. The maximum Gasteiger partial charge on any atom is 0.253 e. The summed E-state index contributed by atoms with van der Waals surface area (Å²) in [5.41, 5.74) is 4.21. The Morgan fingerprint density at radius 2 is 1.92 bits per heavy atom. The zero-order valence-electron chi connectivity index (χ0n) is 15.0. The van der Waals surface area contributed by atoms with Crippen LogP contribution in [0.4, 0.5) is 5.69 Å². The van der Waals surface area contributed by atoms with Crippen LogP contribution < -0.4 is 4.90 Å². The molecule has 0 spiro atoms. The third-order valence-electron chi connectivity index (χ3n) is 5.51. The van der Waals surface area contributed by atoms with Gasteiger partial charge in [-0.25, -0.2) is 0 Å². The lowest BCUT2D eigenvalue weighted by molar-refractivity contribution is -0.123. The van der Waals surface area contributed by atoms with Crippen molar-refractivity contribution in [1.29, 1.82) is 0 Å². The lowest BCUT2D eigenvalue weighted by Crippen LogP contribution is -2.46. The first kappa shape index (κ1) is 16.8. The lowest BCUT2D eigenvalue weighted by atomic mass is 9.95. The van der Waals surface area contributed by atoms with Gasteiger partial charge in [0.05, 0.1) is 5.92 Å². The molecule has 26 heavy (non-hydrogen) atoms. The highest BCUT2D eigenvalue weighted by Gasteiger charge is 2.34. The number of benzene rings is 1. The number of hydrogen-bond donors (Lipinski definition) is 0. The Balaban J connectivity index is 1.50. The topological polar surface area (TPSA) is 53.5 Å². The van der Waals surface area contributed by atoms with Crippen LogP contribution in [0.1, 0.15) is 34.3 Å². The summed E-state index contributed by atoms with van der Waals surface area (Å²) in [6.45, 7) is 4.05. The molecule has 2 aliphatic heterocycles. The van der Waals surface area contributed by atoms with E-state index in [4.69, 9.17) is 0 Å². The highest BCUT2D eigenvalue weighted by Crippen LogP contribution is 2.32. The summed E-state index contributed by atoms with van der Waals surface area (Å²) in [6, 6.07) is 9.61. The summed E-state index contributed by atoms with van der Waals surface area (Å²) in [7, 11) is 0. The third-order valence-corrected chi connectivity index (χ3v) is 5.51. The highest BCUT2D eigenvalue weighted by molar-refractivity contribution is 5.98. The van der Waals surface area contributed by atoms with Crippen molar-refractivity contribution in [3.63, 3.8) is 0 Å².